The number of hydrogen-bond acceptors (Lipinski definition) is 5. The summed E-state index contributed by atoms with van der Waals surface area (Å²) in [4.78, 5) is 12.3. The fourth-order valence-corrected chi connectivity index (χ4v) is 3.28. The highest BCUT2D eigenvalue weighted by Crippen LogP contribution is 2.28. The molecule has 4 heterocycles. The first-order valence-electron chi connectivity index (χ1n) is 8.54. The van der Waals surface area contributed by atoms with Crippen LogP contribution in [0.4, 0.5) is 5.69 Å². The summed E-state index contributed by atoms with van der Waals surface area (Å²) in [6.07, 6.45) is 0.856. The molecule has 2 aromatic heterocycles. The number of amides is 1. The van der Waals surface area contributed by atoms with E-state index in [9.17, 15) is 4.79 Å². The fraction of sp³-hybridized carbons (Fsp3) is 0.278. The van der Waals surface area contributed by atoms with Crippen LogP contribution < -0.4 is 10.1 Å². The number of aromatic amines is 1. The number of anilines is 1. The molecular formula is C18H17N5O3. The van der Waals surface area contributed by atoms with Crippen molar-refractivity contribution in [3.05, 3.63) is 47.3 Å². The molecule has 0 spiro atoms. The highest BCUT2D eigenvalue weighted by atomic mass is 16.5. The van der Waals surface area contributed by atoms with Crippen LogP contribution in [0.2, 0.25) is 0 Å². The van der Waals surface area contributed by atoms with Gasteiger partial charge in [0.25, 0.3) is 5.91 Å². The van der Waals surface area contributed by atoms with Crippen molar-refractivity contribution >= 4 is 11.6 Å². The zero-order valence-electron chi connectivity index (χ0n) is 14.0. The standard InChI is InChI=1S/C18H17N5O3/c24-18(15-9-16-23(22-15)6-8-26-16)19-12-3-1-11(2-4-12)17-13-10-25-7-5-14(13)20-21-17/h1-4,9H,5-8,10H2,(H,19,24)(H,20,21). The summed E-state index contributed by atoms with van der Waals surface area (Å²) in [7, 11) is 0. The largest absolute Gasteiger partial charge is 0.476 e. The summed E-state index contributed by atoms with van der Waals surface area (Å²) < 4.78 is 12.6. The SMILES string of the molecule is O=C(Nc1ccc(-c2n[nH]c3c2COCC3)cc1)c1cc2n(n1)CCO2. The monoisotopic (exact) mass is 351 g/mol. The first kappa shape index (κ1) is 15.2. The Morgan fingerprint density at radius 1 is 1.23 bits per heavy atom. The maximum atomic E-state index is 12.3. The van der Waals surface area contributed by atoms with Crippen molar-refractivity contribution < 1.29 is 14.3 Å². The zero-order valence-corrected chi connectivity index (χ0v) is 14.0. The van der Waals surface area contributed by atoms with E-state index >= 15 is 0 Å². The number of nitrogens with zero attached hydrogens (tertiary/aromatic N) is 3. The molecule has 1 aromatic carbocycles. The van der Waals surface area contributed by atoms with Crippen LogP contribution >= 0.6 is 0 Å². The van der Waals surface area contributed by atoms with E-state index in [1.54, 1.807) is 10.7 Å². The molecule has 26 heavy (non-hydrogen) atoms. The molecule has 0 aliphatic carbocycles. The number of ether oxygens (including phenoxy) is 2. The Bertz CT molecular complexity index is 952. The molecule has 0 radical (unpaired) electrons. The lowest BCUT2D eigenvalue weighted by atomic mass is 10.0. The quantitative estimate of drug-likeness (QED) is 0.753. The van der Waals surface area contributed by atoms with Gasteiger partial charge in [0.05, 0.1) is 25.5 Å². The van der Waals surface area contributed by atoms with Crippen LogP contribution in [0.3, 0.4) is 0 Å². The summed E-state index contributed by atoms with van der Waals surface area (Å²) in [5, 5.41) is 14.6. The number of H-pyrrole nitrogens is 1. The van der Waals surface area contributed by atoms with Gasteiger partial charge in [0, 0.05) is 35.0 Å². The Morgan fingerprint density at radius 3 is 2.96 bits per heavy atom. The van der Waals surface area contributed by atoms with Gasteiger partial charge in [0.2, 0.25) is 5.88 Å². The van der Waals surface area contributed by atoms with Gasteiger partial charge in [-0.1, -0.05) is 12.1 Å². The van der Waals surface area contributed by atoms with Gasteiger partial charge in [0.15, 0.2) is 5.69 Å². The van der Waals surface area contributed by atoms with Crippen LogP contribution in [0.15, 0.2) is 30.3 Å². The lowest BCUT2D eigenvalue weighted by Crippen LogP contribution is -2.13. The molecule has 2 N–H and O–H groups in total. The number of carbonyl (C=O) groups is 1. The number of fused-ring (bicyclic) bond motifs is 2. The number of rotatable bonds is 3. The van der Waals surface area contributed by atoms with E-state index < -0.39 is 0 Å². The third-order valence-electron chi connectivity index (χ3n) is 4.64. The van der Waals surface area contributed by atoms with E-state index in [1.807, 2.05) is 24.3 Å². The molecule has 8 nitrogen and oxygen atoms in total. The predicted molar refractivity (Wildman–Crippen MR) is 93.1 cm³/mol. The number of nitrogens with one attached hydrogen (secondary N) is 2. The summed E-state index contributed by atoms with van der Waals surface area (Å²) in [6, 6.07) is 9.26. The minimum Gasteiger partial charge on any atom is -0.476 e. The Morgan fingerprint density at radius 2 is 2.12 bits per heavy atom. The maximum absolute atomic E-state index is 12.3. The number of aromatic nitrogens is 4. The van der Waals surface area contributed by atoms with Crippen molar-refractivity contribution in [2.45, 2.75) is 19.6 Å². The molecule has 0 bridgehead atoms. The second kappa shape index (κ2) is 5.99. The zero-order chi connectivity index (χ0) is 17.5. The molecule has 0 saturated carbocycles. The molecule has 0 fully saturated rings. The molecule has 3 aromatic rings. The Labute approximate surface area is 149 Å². The minimum atomic E-state index is -0.256. The second-order valence-electron chi connectivity index (χ2n) is 6.30. The highest BCUT2D eigenvalue weighted by Gasteiger charge is 2.20. The molecule has 1 amide bonds. The summed E-state index contributed by atoms with van der Waals surface area (Å²) in [5.74, 6) is 0.379. The Balaban J connectivity index is 1.33. The number of benzene rings is 1. The molecule has 2 aliphatic heterocycles. The van der Waals surface area contributed by atoms with Crippen LogP contribution in [0.1, 0.15) is 21.7 Å². The summed E-state index contributed by atoms with van der Waals surface area (Å²) in [5.41, 5.74) is 5.19. The van der Waals surface area contributed by atoms with E-state index in [4.69, 9.17) is 9.47 Å². The van der Waals surface area contributed by atoms with Crippen molar-refractivity contribution in [3.8, 4) is 17.1 Å². The van der Waals surface area contributed by atoms with E-state index in [1.165, 1.54) is 0 Å². The van der Waals surface area contributed by atoms with Gasteiger partial charge < -0.3 is 14.8 Å². The van der Waals surface area contributed by atoms with Crippen molar-refractivity contribution in [1.82, 2.24) is 20.0 Å². The topological polar surface area (TPSA) is 94.1 Å². The number of hydrogen-bond donors (Lipinski definition) is 2. The van der Waals surface area contributed by atoms with Crippen LogP contribution in [0, 0.1) is 0 Å². The molecular weight excluding hydrogens is 334 g/mol. The van der Waals surface area contributed by atoms with Gasteiger partial charge >= 0.3 is 0 Å². The Kier molecular flexibility index (Phi) is 3.49. The van der Waals surface area contributed by atoms with E-state index in [0.717, 1.165) is 35.5 Å². The molecule has 5 rings (SSSR count). The Hall–Kier alpha value is -3.13. The van der Waals surface area contributed by atoms with E-state index in [2.05, 4.69) is 20.6 Å². The van der Waals surface area contributed by atoms with Gasteiger partial charge in [-0.05, 0) is 12.1 Å². The minimum absolute atomic E-state index is 0.256. The van der Waals surface area contributed by atoms with Crippen LogP contribution in [-0.4, -0.2) is 39.1 Å². The fourth-order valence-electron chi connectivity index (χ4n) is 3.28. The third kappa shape index (κ3) is 2.55. The normalized spacial score (nSPS) is 15.2. The average Bonchev–Trinajstić information content (AvgIpc) is 3.36. The highest BCUT2D eigenvalue weighted by molar-refractivity contribution is 6.03. The lowest BCUT2D eigenvalue weighted by Gasteiger charge is -2.12. The third-order valence-corrected chi connectivity index (χ3v) is 4.64. The lowest BCUT2D eigenvalue weighted by molar-refractivity contribution is 0.102. The van der Waals surface area contributed by atoms with Crippen molar-refractivity contribution in [1.29, 1.82) is 0 Å². The van der Waals surface area contributed by atoms with Gasteiger partial charge in [-0.2, -0.15) is 10.2 Å². The second-order valence-corrected chi connectivity index (χ2v) is 6.30. The molecule has 0 unspecified atom stereocenters. The van der Waals surface area contributed by atoms with Crippen LogP contribution in [0.25, 0.3) is 11.3 Å². The summed E-state index contributed by atoms with van der Waals surface area (Å²) in [6.45, 7) is 2.58. The first-order chi connectivity index (χ1) is 12.8. The average molecular weight is 351 g/mol. The predicted octanol–water partition coefficient (Wildman–Crippen LogP) is 1.99. The first-order valence-corrected chi connectivity index (χ1v) is 8.54. The number of carbonyl (C=O) groups excluding carboxylic acids is 1. The van der Waals surface area contributed by atoms with Gasteiger partial charge in [-0.25, -0.2) is 4.68 Å². The van der Waals surface area contributed by atoms with Gasteiger partial charge in [-0.15, -0.1) is 0 Å². The molecule has 0 saturated heterocycles. The molecule has 2 aliphatic rings. The van der Waals surface area contributed by atoms with E-state index in [-0.39, 0.29) is 5.91 Å². The van der Waals surface area contributed by atoms with E-state index in [0.29, 0.717) is 37.0 Å². The van der Waals surface area contributed by atoms with Crippen molar-refractivity contribution in [2.24, 2.45) is 0 Å². The van der Waals surface area contributed by atoms with Crippen LogP contribution in [0.5, 0.6) is 5.88 Å². The van der Waals surface area contributed by atoms with Crippen molar-refractivity contribution in [3.63, 3.8) is 0 Å². The smallest absolute Gasteiger partial charge is 0.276 e. The molecule has 0 atom stereocenters. The van der Waals surface area contributed by atoms with Crippen LogP contribution in [-0.2, 0) is 24.3 Å². The molecule has 8 heteroatoms. The maximum Gasteiger partial charge on any atom is 0.276 e. The molecule has 132 valence electrons. The van der Waals surface area contributed by atoms with Crippen molar-refractivity contribution in [2.75, 3.05) is 18.5 Å². The summed E-state index contributed by atoms with van der Waals surface area (Å²) >= 11 is 0. The van der Waals surface area contributed by atoms with Gasteiger partial charge in [-0.3, -0.25) is 9.89 Å². The van der Waals surface area contributed by atoms with Gasteiger partial charge in [0.1, 0.15) is 6.61 Å².